The standard InChI is InChI=1S/C68H72N2O13S2/c1-49-33-37-57(38-34-49)84(71,72)69-61-64(78-44-54-27-15-6-16-28-54)63(60(48-76-42-52-23-11-4-12-24-52)81-67(61)70-85(73,74)58-39-35-50(2)36-40-58)83-68-66(80-46-56-31-19-8-20-32-56)65(79-45-55-29-17-7-18-30-55)62(77-43-53-25-13-5-14-26-53)59(82-68)47-75-41-51-21-9-3-10-22-51/h3-40,59-70H,41-48H2,1-2H3/t59-,60-,61-,62-,63-,64-,65+,66-,67-,68-/m1/s1. The zero-order valence-electron chi connectivity index (χ0n) is 47.5. The van der Waals surface area contributed by atoms with Gasteiger partial charge in [-0.15, -0.1) is 0 Å². The van der Waals surface area contributed by atoms with Gasteiger partial charge in [-0.3, -0.25) is 0 Å². The lowest BCUT2D eigenvalue weighted by molar-refractivity contribution is -0.356. The van der Waals surface area contributed by atoms with Gasteiger partial charge in [-0.25, -0.2) is 21.6 Å². The van der Waals surface area contributed by atoms with Crippen LogP contribution in [-0.4, -0.2) is 91.3 Å². The molecule has 2 fully saturated rings. The fourth-order valence-electron chi connectivity index (χ4n) is 10.2. The Morgan fingerprint density at radius 2 is 0.682 bits per heavy atom. The zero-order chi connectivity index (χ0) is 58.9. The van der Waals surface area contributed by atoms with E-state index in [1.54, 1.807) is 24.3 Å². The average molecular weight is 1190 g/mol. The first kappa shape index (κ1) is 61.3. The Morgan fingerprint density at radius 1 is 0.353 bits per heavy atom. The third-order valence-corrected chi connectivity index (χ3v) is 17.6. The van der Waals surface area contributed by atoms with Crippen LogP contribution >= 0.6 is 0 Å². The van der Waals surface area contributed by atoms with E-state index in [0.717, 1.165) is 44.5 Å². The summed E-state index contributed by atoms with van der Waals surface area (Å²) in [6, 6.07) is 69.1. The molecule has 10 rings (SSSR count). The van der Waals surface area contributed by atoms with E-state index in [2.05, 4.69) is 9.44 Å². The van der Waals surface area contributed by atoms with Gasteiger partial charge in [0.05, 0.1) is 68.7 Å². The van der Waals surface area contributed by atoms with Crippen LogP contribution in [0, 0.1) is 13.8 Å². The topological polar surface area (TPSA) is 175 Å². The van der Waals surface area contributed by atoms with Crippen molar-refractivity contribution in [1.29, 1.82) is 0 Å². The summed E-state index contributed by atoms with van der Waals surface area (Å²) < 4.78 is 128. The van der Waals surface area contributed by atoms with Crippen LogP contribution in [-0.2, 0) is 102 Å². The highest BCUT2D eigenvalue weighted by atomic mass is 32.2. The lowest BCUT2D eigenvalue weighted by atomic mass is 9.94. The van der Waals surface area contributed by atoms with Crippen molar-refractivity contribution in [1.82, 2.24) is 9.44 Å². The molecule has 2 saturated heterocycles. The highest BCUT2D eigenvalue weighted by Crippen LogP contribution is 2.37. The molecule has 0 bridgehead atoms. The third-order valence-electron chi connectivity index (χ3n) is 14.7. The third kappa shape index (κ3) is 17.2. The van der Waals surface area contributed by atoms with Gasteiger partial charge in [0.25, 0.3) is 0 Å². The van der Waals surface area contributed by atoms with Crippen molar-refractivity contribution >= 4 is 20.0 Å². The molecule has 8 aromatic rings. The predicted octanol–water partition coefficient (Wildman–Crippen LogP) is 10.5. The maximum absolute atomic E-state index is 15.0. The summed E-state index contributed by atoms with van der Waals surface area (Å²) >= 11 is 0. The number of hydrogen-bond acceptors (Lipinski definition) is 13. The fourth-order valence-corrected chi connectivity index (χ4v) is 12.6. The summed E-state index contributed by atoms with van der Waals surface area (Å²) in [5.41, 5.74) is 6.86. The molecule has 0 spiro atoms. The highest BCUT2D eigenvalue weighted by molar-refractivity contribution is 7.90. The predicted molar refractivity (Wildman–Crippen MR) is 321 cm³/mol. The smallest absolute Gasteiger partial charge is 0.242 e. The minimum absolute atomic E-state index is 0.00533. The number of benzene rings is 8. The van der Waals surface area contributed by atoms with Gasteiger partial charge in [0.1, 0.15) is 49.0 Å². The van der Waals surface area contributed by atoms with Gasteiger partial charge in [0, 0.05) is 0 Å². The summed E-state index contributed by atoms with van der Waals surface area (Å²) in [6.07, 6.45) is -10.6. The highest BCUT2D eigenvalue weighted by Gasteiger charge is 2.55. The van der Waals surface area contributed by atoms with Gasteiger partial charge in [-0.1, -0.05) is 217 Å². The van der Waals surface area contributed by atoms with Gasteiger partial charge in [-0.2, -0.15) is 4.72 Å². The number of aryl methyl sites for hydroxylation is 2. The first-order valence-corrected chi connectivity index (χ1v) is 31.4. The van der Waals surface area contributed by atoms with Crippen LogP contribution in [0.25, 0.3) is 0 Å². The Balaban J connectivity index is 1.10. The van der Waals surface area contributed by atoms with Crippen molar-refractivity contribution in [2.75, 3.05) is 13.2 Å². The first-order chi connectivity index (χ1) is 41.4. The Kier molecular flexibility index (Phi) is 21.7. The van der Waals surface area contributed by atoms with Crippen molar-refractivity contribution in [2.24, 2.45) is 0 Å². The molecule has 15 nitrogen and oxygen atoms in total. The Bertz CT molecular complexity index is 3490. The molecule has 8 aromatic carbocycles. The van der Waals surface area contributed by atoms with Crippen molar-refractivity contribution in [2.45, 2.75) is 125 Å². The summed E-state index contributed by atoms with van der Waals surface area (Å²) in [5.74, 6) is 0. The van der Waals surface area contributed by atoms with Crippen LogP contribution in [0.15, 0.2) is 240 Å². The second kappa shape index (κ2) is 30.0. The summed E-state index contributed by atoms with van der Waals surface area (Å²) in [6.45, 7) is 4.22. The van der Waals surface area contributed by atoms with E-state index in [1.807, 2.05) is 196 Å². The Hall–Kier alpha value is -6.78. The molecule has 2 N–H and O–H groups in total. The van der Waals surface area contributed by atoms with Crippen LogP contribution in [0.4, 0.5) is 0 Å². The lowest BCUT2D eigenvalue weighted by Gasteiger charge is -2.50. The van der Waals surface area contributed by atoms with Gasteiger partial charge >= 0.3 is 0 Å². The van der Waals surface area contributed by atoms with E-state index in [4.69, 9.17) is 42.6 Å². The van der Waals surface area contributed by atoms with E-state index in [-0.39, 0.29) is 62.6 Å². The zero-order valence-corrected chi connectivity index (χ0v) is 49.1. The summed E-state index contributed by atoms with van der Waals surface area (Å²) in [4.78, 5) is -0.145. The molecule has 444 valence electrons. The maximum Gasteiger partial charge on any atom is 0.242 e. The molecular weight excluding hydrogens is 1120 g/mol. The Labute approximate surface area is 499 Å². The molecule has 17 heteroatoms. The van der Waals surface area contributed by atoms with Gasteiger partial charge < -0.3 is 42.6 Å². The average Bonchev–Trinajstić information content (AvgIpc) is 2.08. The molecule has 2 aliphatic rings. The van der Waals surface area contributed by atoms with Crippen LogP contribution in [0.2, 0.25) is 0 Å². The first-order valence-electron chi connectivity index (χ1n) is 28.4. The molecule has 0 aromatic heterocycles. The quantitative estimate of drug-likeness (QED) is 0.0474. The van der Waals surface area contributed by atoms with Gasteiger partial charge in [0.15, 0.2) is 6.29 Å². The SMILES string of the molecule is Cc1ccc(S(=O)(=O)N[C@@H]2[C@@H](OCc3ccccc3)[C@H](O[C@H]3O[C@H](COCc4ccccc4)[C@@H](OCc4ccccc4)[C@H](OCc4ccccc4)[C@H]3OCc3ccccc3)[C@@H](COCc3ccccc3)O[C@H]2NS(=O)(=O)c2ccc(C)cc2)cc1. The number of ether oxygens (including phenoxy) is 9. The van der Waals surface area contributed by atoms with Gasteiger partial charge in [0.2, 0.25) is 20.0 Å². The summed E-state index contributed by atoms with van der Waals surface area (Å²) in [5, 5.41) is 0. The largest absolute Gasteiger partial charge is 0.374 e. The van der Waals surface area contributed by atoms with Crippen molar-refractivity contribution in [3.8, 4) is 0 Å². The maximum atomic E-state index is 15.0. The van der Waals surface area contributed by atoms with Crippen LogP contribution < -0.4 is 9.44 Å². The monoisotopic (exact) mass is 1190 g/mol. The molecule has 85 heavy (non-hydrogen) atoms. The summed E-state index contributed by atoms with van der Waals surface area (Å²) in [7, 11) is -8.93. The normalized spacial score (nSPS) is 22.7. The minimum atomic E-state index is -4.49. The minimum Gasteiger partial charge on any atom is -0.374 e. The van der Waals surface area contributed by atoms with Gasteiger partial charge in [-0.05, 0) is 71.5 Å². The molecule has 2 aliphatic heterocycles. The van der Waals surface area contributed by atoms with E-state index < -0.39 is 81.3 Å². The van der Waals surface area contributed by atoms with Crippen LogP contribution in [0.3, 0.4) is 0 Å². The van der Waals surface area contributed by atoms with Crippen LogP contribution in [0.5, 0.6) is 0 Å². The Morgan fingerprint density at radius 3 is 1.08 bits per heavy atom. The molecule has 10 atom stereocenters. The molecule has 0 amide bonds. The lowest BCUT2D eigenvalue weighted by Crippen LogP contribution is -2.70. The number of hydrogen-bond donors (Lipinski definition) is 2. The molecular formula is C68H72N2O13S2. The van der Waals surface area contributed by atoms with Crippen molar-refractivity contribution in [3.05, 3.63) is 275 Å². The molecule has 0 unspecified atom stereocenters. The van der Waals surface area contributed by atoms with Crippen LogP contribution in [0.1, 0.15) is 44.5 Å². The van der Waals surface area contributed by atoms with E-state index in [1.165, 1.54) is 24.3 Å². The second-order valence-corrected chi connectivity index (χ2v) is 24.6. The molecule has 0 radical (unpaired) electrons. The fraction of sp³-hybridized carbons (Fsp3) is 0.294. The molecule has 0 saturated carbocycles. The van der Waals surface area contributed by atoms with Crippen molar-refractivity contribution < 1.29 is 59.5 Å². The molecule has 2 heterocycles. The number of rotatable bonds is 28. The van der Waals surface area contributed by atoms with Crippen molar-refractivity contribution in [3.63, 3.8) is 0 Å². The molecule has 0 aliphatic carbocycles. The number of sulfonamides is 2. The number of nitrogens with one attached hydrogen (secondary N) is 2. The van der Waals surface area contributed by atoms with E-state index in [9.17, 15) is 16.8 Å². The second-order valence-electron chi connectivity index (χ2n) is 21.2. The van der Waals surface area contributed by atoms with E-state index in [0.29, 0.717) is 0 Å². The van der Waals surface area contributed by atoms with E-state index >= 15 is 0 Å².